The van der Waals surface area contributed by atoms with Gasteiger partial charge in [0, 0.05) is 5.69 Å². The molecule has 2 rings (SSSR count). The molecule has 0 bridgehead atoms. The molecule has 94 valence electrons. The van der Waals surface area contributed by atoms with Crippen LogP contribution in [0.3, 0.4) is 0 Å². The Hall–Kier alpha value is -1.88. The van der Waals surface area contributed by atoms with Crippen molar-refractivity contribution in [3.05, 3.63) is 59.9 Å². The normalized spacial score (nSPS) is 11.4. The van der Waals surface area contributed by atoms with Crippen molar-refractivity contribution in [2.75, 3.05) is 5.73 Å². The first kappa shape index (κ1) is 12.6. The minimum Gasteiger partial charge on any atom is -0.399 e. The highest BCUT2D eigenvalue weighted by molar-refractivity contribution is 7.90. The molecular formula is C13H12FNO2S. The summed E-state index contributed by atoms with van der Waals surface area (Å²) < 4.78 is 36.9. The van der Waals surface area contributed by atoms with Crippen molar-refractivity contribution in [3.8, 4) is 0 Å². The number of benzene rings is 2. The van der Waals surface area contributed by atoms with E-state index in [0.717, 1.165) is 0 Å². The summed E-state index contributed by atoms with van der Waals surface area (Å²) in [6.07, 6.45) is 0. The van der Waals surface area contributed by atoms with Gasteiger partial charge in [0.2, 0.25) is 0 Å². The van der Waals surface area contributed by atoms with E-state index in [1.807, 2.05) is 0 Å². The van der Waals surface area contributed by atoms with Crippen molar-refractivity contribution in [3.63, 3.8) is 0 Å². The van der Waals surface area contributed by atoms with E-state index in [-0.39, 0.29) is 16.5 Å². The molecule has 0 aliphatic carbocycles. The second-order valence-electron chi connectivity index (χ2n) is 3.95. The van der Waals surface area contributed by atoms with Crippen molar-refractivity contribution >= 4 is 15.5 Å². The molecule has 0 unspecified atom stereocenters. The van der Waals surface area contributed by atoms with E-state index in [1.165, 1.54) is 48.5 Å². The Kier molecular flexibility index (Phi) is 3.34. The van der Waals surface area contributed by atoms with Gasteiger partial charge in [-0.3, -0.25) is 0 Å². The summed E-state index contributed by atoms with van der Waals surface area (Å²) in [7, 11) is -3.42. The second-order valence-corrected chi connectivity index (χ2v) is 5.94. The fraction of sp³-hybridized carbons (Fsp3) is 0.0769. The largest absolute Gasteiger partial charge is 0.399 e. The summed E-state index contributed by atoms with van der Waals surface area (Å²) in [6.45, 7) is 0. The van der Waals surface area contributed by atoms with E-state index in [1.54, 1.807) is 0 Å². The number of anilines is 1. The maximum absolute atomic E-state index is 12.7. The Bertz CT molecular complexity index is 634. The Morgan fingerprint density at radius 1 is 0.944 bits per heavy atom. The molecule has 0 radical (unpaired) electrons. The van der Waals surface area contributed by atoms with Crippen LogP contribution in [0.25, 0.3) is 0 Å². The van der Waals surface area contributed by atoms with Crippen LogP contribution in [-0.4, -0.2) is 8.42 Å². The molecule has 3 nitrogen and oxygen atoms in total. The molecule has 5 heteroatoms. The maximum Gasteiger partial charge on any atom is 0.182 e. The van der Waals surface area contributed by atoms with Crippen LogP contribution in [0.2, 0.25) is 0 Å². The number of nitrogen functional groups attached to an aromatic ring is 1. The summed E-state index contributed by atoms with van der Waals surface area (Å²) in [5.41, 5.74) is 6.56. The van der Waals surface area contributed by atoms with Crippen LogP contribution in [0.1, 0.15) is 5.56 Å². The molecule has 0 fully saturated rings. The minimum atomic E-state index is -3.42. The number of sulfone groups is 1. The lowest BCUT2D eigenvalue weighted by Crippen LogP contribution is -2.05. The highest BCUT2D eigenvalue weighted by Gasteiger charge is 2.14. The number of nitrogens with two attached hydrogens (primary N) is 1. The average Bonchev–Trinajstić information content (AvgIpc) is 2.32. The summed E-state index contributed by atoms with van der Waals surface area (Å²) in [5.74, 6) is -0.541. The zero-order valence-corrected chi connectivity index (χ0v) is 10.3. The maximum atomic E-state index is 12.7. The van der Waals surface area contributed by atoms with Gasteiger partial charge in [-0.15, -0.1) is 0 Å². The number of hydrogen-bond donors (Lipinski definition) is 1. The Morgan fingerprint density at radius 2 is 1.50 bits per heavy atom. The molecule has 0 amide bonds. The van der Waals surface area contributed by atoms with Gasteiger partial charge in [0.15, 0.2) is 9.84 Å². The van der Waals surface area contributed by atoms with E-state index in [4.69, 9.17) is 5.73 Å². The fourth-order valence-electron chi connectivity index (χ4n) is 1.56. The van der Waals surface area contributed by atoms with Crippen LogP contribution in [0.15, 0.2) is 53.4 Å². The molecular weight excluding hydrogens is 253 g/mol. The topological polar surface area (TPSA) is 60.2 Å². The van der Waals surface area contributed by atoms with Gasteiger partial charge < -0.3 is 5.73 Å². The minimum absolute atomic E-state index is 0.156. The number of halogens is 1. The lowest BCUT2D eigenvalue weighted by molar-refractivity contribution is 0.595. The van der Waals surface area contributed by atoms with Crippen LogP contribution in [0.4, 0.5) is 10.1 Å². The molecule has 0 aliphatic heterocycles. The van der Waals surface area contributed by atoms with Crippen LogP contribution >= 0.6 is 0 Å². The van der Waals surface area contributed by atoms with Gasteiger partial charge in [0.05, 0.1) is 10.6 Å². The molecule has 0 spiro atoms. The van der Waals surface area contributed by atoms with Crippen LogP contribution in [0, 0.1) is 5.82 Å². The molecule has 2 N–H and O–H groups in total. The third kappa shape index (κ3) is 2.87. The van der Waals surface area contributed by atoms with Crippen molar-refractivity contribution in [2.45, 2.75) is 10.6 Å². The Balaban J connectivity index is 2.27. The fourth-order valence-corrected chi connectivity index (χ4v) is 2.91. The van der Waals surface area contributed by atoms with Gasteiger partial charge >= 0.3 is 0 Å². The molecule has 0 aliphatic rings. The predicted octanol–water partition coefficient (Wildman–Crippen LogP) is 2.38. The molecule has 0 atom stereocenters. The van der Waals surface area contributed by atoms with Gasteiger partial charge in [-0.25, -0.2) is 12.8 Å². The molecule has 2 aromatic rings. The number of hydrogen-bond acceptors (Lipinski definition) is 3. The zero-order valence-electron chi connectivity index (χ0n) is 9.51. The van der Waals surface area contributed by atoms with Crippen LogP contribution in [-0.2, 0) is 15.6 Å². The second kappa shape index (κ2) is 4.78. The number of rotatable bonds is 3. The first-order chi connectivity index (χ1) is 8.47. The highest BCUT2D eigenvalue weighted by atomic mass is 32.2. The quantitative estimate of drug-likeness (QED) is 0.867. The first-order valence-electron chi connectivity index (χ1n) is 5.30. The third-order valence-electron chi connectivity index (χ3n) is 2.51. The smallest absolute Gasteiger partial charge is 0.182 e. The lowest BCUT2D eigenvalue weighted by Gasteiger charge is -2.05. The SMILES string of the molecule is Nc1ccc(S(=O)(=O)Cc2ccc(F)cc2)cc1. The van der Waals surface area contributed by atoms with Crippen LogP contribution in [0.5, 0.6) is 0 Å². The third-order valence-corrected chi connectivity index (χ3v) is 4.21. The van der Waals surface area contributed by atoms with Gasteiger partial charge in [-0.1, -0.05) is 12.1 Å². The Labute approximate surface area is 105 Å². The average molecular weight is 265 g/mol. The molecule has 0 saturated carbocycles. The van der Waals surface area contributed by atoms with Gasteiger partial charge in [-0.2, -0.15) is 0 Å². The summed E-state index contributed by atoms with van der Waals surface area (Å²) in [4.78, 5) is 0.209. The van der Waals surface area contributed by atoms with E-state index in [0.29, 0.717) is 11.3 Å². The molecule has 0 heterocycles. The summed E-state index contributed by atoms with van der Waals surface area (Å²) in [6, 6.07) is 11.4. The van der Waals surface area contributed by atoms with E-state index < -0.39 is 9.84 Å². The van der Waals surface area contributed by atoms with Gasteiger partial charge in [-0.05, 0) is 42.0 Å². The summed E-state index contributed by atoms with van der Waals surface area (Å²) >= 11 is 0. The van der Waals surface area contributed by atoms with Crippen LogP contribution < -0.4 is 5.73 Å². The van der Waals surface area contributed by atoms with Crippen molar-refractivity contribution in [1.82, 2.24) is 0 Å². The lowest BCUT2D eigenvalue weighted by atomic mass is 10.2. The van der Waals surface area contributed by atoms with Crippen molar-refractivity contribution in [2.24, 2.45) is 0 Å². The van der Waals surface area contributed by atoms with Gasteiger partial charge in [0.25, 0.3) is 0 Å². The molecule has 18 heavy (non-hydrogen) atoms. The van der Waals surface area contributed by atoms with E-state index in [2.05, 4.69) is 0 Å². The molecule has 0 saturated heterocycles. The monoisotopic (exact) mass is 265 g/mol. The van der Waals surface area contributed by atoms with E-state index in [9.17, 15) is 12.8 Å². The first-order valence-corrected chi connectivity index (χ1v) is 6.95. The standard InChI is InChI=1S/C13H12FNO2S/c14-11-3-1-10(2-4-11)9-18(16,17)13-7-5-12(15)6-8-13/h1-8H,9,15H2. The predicted molar refractivity (Wildman–Crippen MR) is 68.1 cm³/mol. The highest BCUT2D eigenvalue weighted by Crippen LogP contribution is 2.17. The summed E-state index contributed by atoms with van der Waals surface area (Å²) in [5, 5.41) is 0. The van der Waals surface area contributed by atoms with Crippen molar-refractivity contribution < 1.29 is 12.8 Å². The van der Waals surface area contributed by atoms with Gasteiger partial charge in [0.1, 0.15) is 5.82 Å². The zero-order chi connectivity index (χ0) is 13.2. The van der Waals surface area contributed by atoms with Crippen molar-refractivity contribution in [1.29, 1.82) is 0 Å². The molecule has 0 aromatic heterocycles. The molecule has 2 aromatic carbocycles. The Morgan fingerprint density at radius 3 is 2.06 bits per heavy atom. The van der Waals surface area contributed by atoms with E-state index >= 15 is 0 Å².